The molecule has 0 aliphatic heterocycles. The second kappa shape index (κ2) is 6.67. The summed E-state index contributed by atoms with van der Waals surface area (Å²) in [6.07, 6.45) is 0.851. The van der Waals surface area contributed by atoms with E-state index in [2.05, 4.69) is 9.59 Å². The van der Waals surface area contributed by atoms with Crippen molar-refractivity contribution in [2.24, 2.45) is 0 Å². The summed E-state index contributed by atoms with van der Waals surface area (Å²) in [6.45, 7) is 6.67. The van der Waals surface area contributed by atoms with Crippen molar-refractivity contribution in [3.63, 3.8) is 0 Å². The molecular weight excluding hydrogens is 284 g/mol. The number of carbonyl (C=O) groups is 1. The maximum Gasteiger partial charge on any atom is 0.272 e. The van der Waals surface area contributed by atoms with Gasteiger partial charge in [-0.2, -0.15) is 0 Å². The van der Waals surface area contributed by atoms with Gasteiger partial charge in [0.1, 0.15) is 4.88 Å². The number of benzene rings is 1. The smallest absolute Gasteiger partial charge is 0.272 e. The first-order valence-corrected chi connectivity index (χ1v) is 7.82. The Morgan fingerprint density at radius 1 is 1.38 bits per heavy atom. The van der Waals surface area contributed by atoms with Gasteiger partial charge in [0.2, 0.25) is 0 Å². The van der Waals surface area contributed by atoms with Crippen molar-refractivity contribution in [3.05, 3.63) is 34.8 Å². The van der Waals surface area contributed by atoms with Gasteiger partial charge in [0.15, 0.2) is 0 Å². The van der Waals surface area contributed by atoms with Crippen LogP contribution >= 0.6 is 11.5 Å². The van der Waals surface area contributed by atoms with Crippen molar-refractivity contribution < 1.29 is 4.79 Å². The predicted molar refractivity (Wildman–Crippen MR) is 86.8 cm³/mol. The predicted octanol–water partition coefficient (Wildman–Crippen LogP) is 3.30. The zero-order valence-electron chi connectivity index (χ0n) is 12.5. The number of nitrogen functional groups attached to an aromatic ring is 1. The van der Waals surface area contributed by atoms with Gasteiger partial charge in [0.25, 0.3) is 5.91 Å². The van der Waals surface area contributed by atoms with Crippen molar-refractivity contribution in [2.45, 2.75) is 33.1 Å². The van der Waals surface area contributed by atoms with Crippen LogP contribution < -0.4 is 10.6 Å². The average molecular weight is 304 g/mol. The Bertz CT molecular complexity index is 624. The van der Waals surface area contributed by atoms with Gasteiger partial charge in [0, 0.05) is 6.54 Å². The van der Waals surface area contributed by atoms with Crippen molar-refractivity contribution >= 4 is 28.8 Å². The SMILES string of the molecule is CCCN(C(=O)c1snnc1C(C)C)c1ccccc1N. The molecule has 1 heterocycles. The number of nitrogens with two attached hydrogens (primary N) is 1. The highest BCUT2D eigenvalue weighted by molar-refractivity contribution is 7.08. The maximum absolute atomic E-state index is 12.9. The van der Waals surface area contributed by atoms with E-state index in [1.54, 1.807) is 11.0 Å². The summed E-state index contributed by atoms with van der Waals surface area (Å²) in [5.74, 6) is 0.0905. The number of carbonyl (C=O) groups excluding carboxylic acids is 1. The van der Waals surface area contributed by atoms with Gasteiger partial charge in [-0.15, -0.1) is 5.10 Å². The summed E-state index contributed by atoms with van der Waals surface area (Å²) in [7, 11) is 0. The van der Waals surface area contributed by atoms with Crippen LogP contribution in [-0.4, -0.2) is 22.0 Å². The van der Waals surface area contributed by atoms with Crippen LogP contribution in [0.1, 0.15) is 48.5 Å². The molecule has 0 spiro atoms. The van der Waals surface area contributed by atoms with E-state index in [-0.39, 0.29) is 11.8 Å². The molecule has 1 aromatic heterocycles. The quantitative estimate of drug-likeness (QED) is 0.860. The van der Waals surface area contributed by atoms with E-state index in [1.165, 1.54) is 0 Å². The standard InChI is InChI=1S/C15H20N4OS/c1-4-9-19(12-8-6-5-7-11(12)16)15(20)14-13(10(2)3)17-18-21-14/h5-8,10H,4,9,16H2,1-3H3. The Morgan fingerprint density at radius 2 is 2.10 bits per heavy atom. The fourth-order valence-electron chi connectivity index (χ4n) is 2.13. The first-order chi connectivity index (χ1) is 10.1. The van der Waals surface area contributed by atoms with Crippen LogP contribution in [0, 0.1) is 0 Å². The molecule has 0 bridgehead atoms. The molecule has 0 saturated carbocycles. The van der Waals surface area contributed by atoms with Crippen LogP contribution in [0.25, 0.3) is 0 Å². The van der Waals surface area contributed by atoms with Crippen molar-refractivity contribution in [1.82, 2.24) is 9.59 Å². The lowest BCUT2D eigenvalue weighted by Crippen LogP contribution is -2.32. The van der Waals surface area contributed by atoms with Crippen molar-refractivity contribution in [2.75, 3.05) is 17.2 Å². The highest BCUT2D eigenvalue weighted by atomic mass is 32.1. The van der Waals surface area contributed by atoms with E-state index in [0.717, 1.165) is 29.3 Å². The number of hydrogen-bond donors (Lipinski definition) is 1. The number of hydrogen-bond acceptors (Lipinski definition) is 5. The second-order valence-electron chi connectivity index (χ2n) is 5.16. The molecule has 1 aromatic carbocycles. The zero-order chi connectivity index (χ0) is 15.4. The van der Waals surface area contributed by atoms with Crippen LogP contribution in [-0.2, 0) is 0 Å². The first kappa shape index (κ1) is 15.4. The van der Waals surface area contributed by atoms with Crippen molar-refractivity contribution in [3.8, 4) is 0 Å². The molecule has 0 unspecified atom stereocenters. The Morgan fingerprint density at radius 3 is 2.71 bits per heavy atom. The van der Waals surface area contributed by atoms with Crippen molar-refractivity contribution in [1.29, 1.82) is 0 Å². The molecule has 0 atom stereocenters. The number of anilines is 2. The van der Waals surface area contributed by atoms with E-state index >= 15 is 0 Å². The monoisotopic (exact) mass is 304 g/mol. The summed E-state index contributed by atoms with van der Waals surface area (Å²) in [5.41, 5.74) is 8.11. The van der Waals surface area contributed by atoms with Gasteiger partial charge >= 0.3 is 0 Å². The highest BCUT2D eigenvalue weighted by Gasteiger charge is 2.25. The van der Waals surface area contributed by atoms with Gasteiger partial charge in [-0.05, 0) is 36.0 Å². The van der Waals surface area contributed by atoms with E-state index < -0.39 is 0 Å². The lowest BCUT2D eigenvalue weighted by molar-refractivity contribution is 0.0989. The zero-order valence-corrected chi connectivity index (χ0v) is 13.4. The van der Waals surface area contributed by atoms with Crippen LogP contribution in [0.3, 0.4) is 0 Å². The highest BCUT2D eigenvalue weighted by Crippen LogP contribution is 2.28. The molecule has 112 valence electrons. The van der Waals surface area contributed by atoms with E-state index in [0.29, 0.717) is 17.1 Å². The van der Waals surface area contributed by atoms with Crippen LogP contribution in [0.2, 0.25) is 0 Å². The third kappa shape index (κ3) is 3.21. The van der Waals surface area contributed by atoms with Gasteiger partial charge in [-0.25, -0.2) is 0 Å². The molecule has 21 heavy (non-hydrogen) atoms. The molecule has 0 fully saturated rings. The molecule has 6 heteroatoms. The topological polar surface area (TPSA) is 72.1 Å². The summed E-state index contributed by atoms with van der Waals surface area (Å²) in [6, 6.07) is 7.42. The van der Waals surface area contributed by atoms with Gasteiger partial charge < -0.3 is 10.6 Å². The van der Waals surface area contributed by atoms with E-state index in [9.17, 15) is 4.79 Å². The van der Waals surface area contributed by atoms with Gasteiger partial charge in [0.05, 0.1) is 17.1 Å². The molecule has 1 amide bonds. The minimum atomic E-state index is -0.0755. The first-order valence-electron chi connectivity index (χ1n) is 7.04. The Hall–Kier alpha value is -1.95. The number of para-hydroxylation sites is 2. The Labute approximate surface area is 128 Å². The normalized spacial score (nSPS) is 10.9. The minimum Gasteiger partial charge on any atom is -0.397 e. The van der Waals surface area contributed by atoms with Gasteiger partial charge in [-0.3, -0.25) is 4.79 Å². The molecule has 0 aliphatic rings. The molecule has 2 aromatic rings. The fourth-order valence-corrected chi connectivity index (χ4v) is 2.90. The van der Waals surface area contributed by atoms with E-state index in [1.807, 2.05) is 39.0 Å². The molecular formula is C15H20N4OS. The van der Waals surface area contributed by atoms with Crippen LogP contribution in [0.4, 0.5) is 11.4 Å². The molecule has 2 rings (SSSR count). The van der Waals surface area contributed by atoms with Gasteiger partial charge in [-0.1, -0.05) is 37.4 Å². The Kier molecular flexibility index (Phi) is 4.90. The summed E-state index contributed by atoms with van der Waals surface area (Å²) in [5, 5.41) is 4.09. The minimum absolute atomic E-state index is 0.0755. The number of amides is 1. The largest absolute Gasteiger partial charge is 0.397 e. The number of nitrogens with zero attached hydrogens (tertiary/aromatic N) is 3. The third-order valence-corrected chi connectivity index (χ3v) is 3.90. The summed E-state index contributed by atoms with van der Waals surface area (Å²) in [4.78, 5) is 15.2. The summed E-state index contributed by atoms with van der Waals surface area (Å²) >= 11 is 1.15. The molecule has 0 saturated heterocycles. The van der Waals surface area contributed by atoms with E-state index in [4.69, 9.17) is 5.73 Å². The fraction of sp³-hybridized carbons (Fsp3) is 0.400. The second-order valence-corrected chi connectivity index (χ2v) is 5.91. The summed E-state index contributed by atoms with van der Waals surface area (Å²) < 4.78 is 3.94. The number of rotatable bonds is 5. The Balaban J connectivity index is 2.41. The molecule has 0 aliphatic carbocycles. The lowest BCUT2D eigenvalue weighted by atomic mass is 10.1. The van der Waals surface area contributed by atoms with Crippen LogP contribution in [0.15, 0.2) is 24.3 Å². The maximum atomic E-state index is 12.9. The average Bonchev–Trinajstić information content (AvgIpc) is 2.94. The molecule has 0 radical (unpaired) electrons. The molecule has 5 nitrogen and oxygen atoms in total. The molecule has 2 N–H and O–H groups in total. The number of aromatic nitrogens is 2. The lowest BCUT2D eigenvalue weighted by Gasteiger charge is -2.23. The van der Waals surface area contributed by atoms with Crippen LogP contribution in [0.5, 0.6) is 0 Å². The third-order valence-electron chi connectivity index (χ3n) is 3.17.